The molecule has 0 spiro atoms. The first kappa shape index (κ1) is 24.2. The number of rotatable bonds is 0. The van der Waals surface area contributed by atoms with Gasteiger partial charge in [0.05, 0.1) is 48.7 Å². The molecule has 3 rings (SSSR count). The van der Waals surface area contributed by atoms with Gasteiger partial charge in [-0.2, -0.15) is 21.0 Å². The first-order valence-electron chi connectivity index (χ1n) is 10.3. The van der Waals surface area contributed by atoms with Gasteiger partial charge < -0.3 is 28.4 Å². The molecule has 0 radical (unpaired) electrons. The molecule has 0 aliphatic carbocycles. The second-order valence-corrected chi connectivity index (χ2v) is 6.70. The molecule has 0 bridgehead atoms. The highest BCUT2D eigenvalue weighted by molar-refractivity contribution is 5.61. The van der Waals surface area contributed by atoms with Gasteiger partial charge in [-0.05, 0) is 24.3 Å². The highest BCUT2D eigenvalue weighted by Crippen LogP contribution is 2.36. The third kappa shape index (κ3) is 5.85. The summed E-state index contributed by atoms with van der Waals surface area (Å²) >= 11 is 0. The van der Waals surface area contributed by atoms with Crippen LogP contribution in [0, 0.1) is 45.3 Å². The third-order valence-corrected chi connectivity index (χ3v) is 4.60. The molecular formula is C24H20N4O6. The fourth-order valence-corrected chi connectivity index (χ4v) is 3.07. The van der Waals surface area contributed by atoms with Crippen molar-refractivity contribution in [2.75, 3.05) is 52.9 Å². The fourth-order valence-electron chi connectivity index (χ4n) is 3.07. The van der Waals surface area contributed by atoms with Crippen molar-refractivity contribution in [3.63, 3.8) is 0 Å². The zero-order valence-electron chi connectivity index (χ0n) is 18.2. The number of nitriles is 4. The molecule has 2 aromatic carbocycles. The van der Waals surface area contributed by atoms with E-state index in [1.807, 2.05) is 24.3 Å². The highest BCUT2D eigenvalue weighted by atomic mass is 16.6. The van der Waals surface area contributed by atoms with Gasteiger partial charge in [-0.15, -0.1) is 0 Å². The molecule has 172 valence electrons. The van der Waals surface area contributed by atoms with Crippen LogP contribution >= 0.6 is 0 Å². The van der Waals surface area contributed by atoms with E-state index in [2.05, 4.69) is 0 Å². The molecule has 0 atom stereocenters. The lowest BCUT2D eigenvalue weighted by Crippen LogP contribution is -2.16. The van der Waals surface area contributed by atoms with E-state index in [0.29, 0.717) is 0 Å². The minimum Gasteiger partial charge on any atom is -0.486 e. The summed E-state index contributed by atoms with van der Waals surface area (Å²) in [5.41, 5.74) is 0.926. The van der Waals surface area contributed by atoms with E-state index in [9.17, 15) is 21.0 Å². The van der Waals surface area contributed by atoms with Gasteiger partial charge in [0.15, 0.2) is 23.0 Å². The maximum Gasteiger partial charge on any atom is 0.180 e. The van der Waals surface area contributed by atoms with E-state index in [4.69, 9.17) is 28.4 Å². The molecule has 1 heterocycles. The number of fused-ring (bicyclic) bond motifs is 2. The van der Waals surface area contributed by atoms with Gasteiger partial charge in [-0.1, -0.05) is 0 Å². The van der Waals surface area contributed by atoms with Gasteiger partial charge >= 0.3 is 0 Å². The van der Waals surface area contributed by atoms with E-state index in [1.165, 1.54) is 24.3 Å². The van der Waals surface area contributed by atoms with E-state index in [-0.39, 0.29) is 98.1 Å². The van der Waals surface area contributed by atoms with Crippen LogP contribution < -0.4 is 18.9 Å². The van der Waals surface area contributed by atoms with Crippen molar-refractivity contribution in [1.82, 2.24) is 0 Å². The molecule has 0 N–H and O–H groups in total. The Morgan fingerprint density at radius 3 is 0.853 bits per heavy atom. The largest absolute Gasteiger partial charge is 0.486 e. The predicted octanol–water partition coefficient (Wildman–Crippen LogP) is 2.44. The van der Waals surface area contributed by atoms with Crippen LogP contribution in [-0.2, 0) is 9.47 Å². The average Bonchev–Trinajstić information content (AvgIpc) is 2.87. The Balaban J connectivity index is 1.77. The Hall–Kier alpha value is -4.48. The molecule has 1 aliphatic rings. The topological polar surface area (TPSA) is 151 Å². The van der Waals surface area contributed by atoms with Crippen LogP contribution in [0.5, 0.6) is 23.0 Å². The number of hydrogen-bond donors (Lipinski definition) is 0. The van der Waals surface area contributed by atoms with Gasteiger partial charge in [0, 0.05) is 0 Å². The van der Waals surface area contributed by atoms with Crippen LogP contribution in [0.1, 0.15) is 22.3 Å². The van der Waals surface area contributed by atoms with Gasteiger partial charge in [-0.25, -0.2) is 0 Å². The van der Waals surface area contributed by atoms with Crippen LogP contribution in [0.15, 0.2) is 24.3 Å². The molecule has 0 saturated carbocycles. The normalized spacial score (nSPS) is 14.7. The van der Waals surface area contributed by atoms with E-state index >= 15 is 0 Å². The van der Waals surface area contributed by atoms with Gasteiger partial charge in [0.2, 0.25) is 0 Å². The maximum absolute atomic E-state index is 9.42. The summed E-state index contributed by atoms with van der Waals surface area (Å²) in [6.45, 7) is 1.05. The van der Waals surface area contributed by atoms with Crippen LogP contribution in [0.2, 0.25) is 0 Å². The van der Waals surface area contributed by atoms with Crippen molar-refractivity contribution in [2.45, 2.75) is 0 Å². The Kier molecular flexibility index (Phi) is 8.91. The quantitative estimate of drug-likeness (QED) is 0.573. The molecule has 0 aromatic heterocycles. The number of hydrogen-bond acceptors (Lipinski definition) is 10. The summed E-state index contributed by atoms with van der Waals surface area (Å²) in [5.74, 6) is 0.676. The Labute approximate surface area is 196 Å². The molecule has 0 fully saturated rings. The van der Waals surface area contributed by atoms with Crippen molar-refractivity contribution in [3.8, 4) is 47.3 Å². The lowest BCUT2D eigenvalue weighted by Gasteiger charge is -2.17. The van der Waals surface area contributed by atoms with E-state index in [0.717, 1.165) is 0 Å². The summed E-state index contributed by atoms with van der Waals surface area (Å²) < 4.78 is 33.9. The van der Waals surface area contributed by atoms with Gasteiger partial charge in [0.1, 0.15) is 50.7 Å². The SMILES string of the molecule is N#Cc1ccc(C#N)c2c1OCCOCCOc1c(C#N)ccc(C#N)c1OCCOCCO2. The Morgan fingerprint density at radius 2 is 0.647 bits per heavy atom. The lowest BCUT2D eigenvalue weighted by molar-refractivity contribution is 0.0638. The van der Waals surface area contributed by atoms with Crippen molar-refractivity contribution >= 4 is 0 Å². The first-order valence-corrected chi connectivity index (χ1v) is 10.3. The molecule has 10 heteroatoms. The molecule has 2 aromatic rings. The zero-order valence-corrected chi connectivity index (χ0v) is 18.2. The molecule has 1 aliphatic heterocycles. The standard InChI is InChI=1S/C24H20N4O6/c25-13-17-1-2-18(14-26)22-21(17)31-9-5-29-7-11-33-23-19(15-27)3-4-20(16-28)24(23)34-12-8-30-6-10-32-22/h1-4H,5-12H2. The van der Waals surface area contributed by atoms with E-state index in [1.54, 1.807) is 0 Å². The van der Waals surface area contributed by atoms with Crippen LogP contribution in [0.25, 0.3) is 0 Å². The molecule has 34 heavy (non-hydrogen) atoms. The fraction of sp³-hybridized carbons (Fsp3) is 0.333. The number of ether oxygens (including phenoxy) is 6. The number of nitrogens with zero attached hydrogens (tertiary/aromatic N) is 4. The first-order chi connectivity index (χ1) is 16.7. The van der Waals surface area contributed by atoms with E-state index < -0.39 is 0 Å². The van der Waals surface area contributed by atoms with Crippen molar-refractivity contribution < 1.29 is 28.4 Å². The van der Waals surface area contributed by atoms with Crippen molar-refractivity contribution in [3.05, 3.63) is 46.5 Å². The molecule has 0 saturated heterocycles. The minimum absolute atomic E-state index is 0.0954. The Bertz CT molecular complexity index is 1000. The van der Waals surface area contributed by atoms with Crippen molar-refractivity contribution in [1.29, 1.82) is 21.0 Å². The summed E-state index contributed by atoms with van der Waals surface area (Å²) in [7, 11) is 0. The summed E-state index contributed by atoms with van der Waals surface area (Å²) in [6, 6.07) is 14.1. The van der Waals surface area contributed by atoms with Crippen LogP contribution in [0.4, 0.5) is 0 Å². The monoisotopic (exact) mass is 460 g/mol. The molecule has 10 nitrogen and oxygen atoms in total. The van der Waals surface area contributed by atoms with Gasteiger partial charge in [0.25, 0.3) is 0 Å². The second kappa shape index (κ2) is 12.5. The summed E-state index contributed by atoms with van der Waals surface area (Å²) in [6.07, 6.45) is 0. The van der Waals surface area contributed by atoms with Crippen LogP contribution in [-0.4, -0.2) is 52.9 Å². The van der Waals surface area contributed by atoms with Crippen LogP contribution in [0.3, 0.4) is 0 Å². The maximum atomic E-state index is 9.42. The predicted molar refractivity (Wildman–Crippen MR) is 115 cm³/mol. The average molecular weight is 460 g/mol. The van der Waals surface area contributed by atoms with Crippen molar-refractivity contribution in [2.24, 2.45) is 0 Å². The zero-order chi connectivity index (χ0) is 24.2. The number of benzene rings is 2. The lowest BCUT2D eigenvalue weighted by atomic mass is 10.1. The third-order valence-electron chi connectivity index (χ3n) is 4.60. The van der Waals surface area contributed by atoms with Gasteiger partial charge in [-0.3, -0.25) is 0 Å². The highest BCUT2D eigenvalue weighted by Gasteiger charge is 2.19. The smallest absolute Gasteiger partial charge is 0.180 e. The minimum atomic E-state index is 0.0954. The molecule has 0 unspecified atom stereocenters. The summed E-state index contributed by atoms with van der Waals surface area (Å²) in [4.78, 5) is 0. The second-order valence-electron chi connectivity index (χ2n) is 6.70. The molecule has 0 amide bonds. The summed E-state index contributed by atoms with van der Waals surface area (Å²) in [5, 5.41) is 37.7. The Morgan fingerprint density at radius 1 is 0.412 bits per heavy atom. The molecular weight excluding hydrogens is 440 g/mol.